The van der Waals surface area contributed by atoms with E-state index in [1.807, 2.05) is 6.07 Å². The van der Waals surface area contributed by atoms with E-state index in [1.54, 1.807) is 0 Å². The van der Waals surface area contributed by atoms with Gasteiger partial charge in [-0.3, -0.25) is 10.1 Å². The number of hydrogen-bond acceptors (Lipinski definition) is 4. The van der Waals surface area contributed by atoms with Gasteiger partial charge in [0.25, 0.3) is 5.69 Å². The van der Waals surface area contributed by atoms with Crippen molar-refractivity contribution in [1.29, 1.82) is 5.26 Å². The summed E-state index contributed by atoms with van der Waals surface area (Å²) in [6, 6.07) is 5.92. The Hall–Kier alpha value is -0.540. The number of benzene rings is 1. The first-order valence-electron chi connectivity index (χ1n) is 3.02. The summed E-state index contributed by atoms with van der Waals surface area (Å²) < 4.78 is 0. The SMILES string of the molecule is N#Cc1ccc(S)c([N+](=O)[O-])c1.[Na+]. The van der Waals surface area contributed by atoms with Gasteiger partial charge in [0.2, 0.25) is 0 Å². The molecule has 0 fully saturated rings. The van der Waals surface area contributed by atoms with Crippen molar-refractivity contribution in [2.45, 2.75) is 4.90 Å². The molecule has 1 rings (SSSR count). The molecule has 0 aliphatic rings. The molecule has 1 aromatic rings. The zero-order chi connectivity index (χ0) is 9.14. The Balaban J connectivity index is 0.00000144. The first-order valence-corrected chi connectivity index (χ1v) is 3.47. The monoisotopic (exact) mass is 203 g/mol. The Morgan fingerprint density at radius 2 is 2.15 bits per heavy atom. The van der Waals surface area contributed by atoms with Gasteiger partial charge in [0.05, 0.1) is 21.5 Å². The largest absolute Gasteiger partial charge is 1.00 e. The molecule has 0 atom stereocenters. The number of rotatable bonds is 1. The van der Waals surface area contributed by atoms with Crippen LogP contribution >= 0.6 is 12.6 Å². The summed E-state index contributed by atoms with van der Waals surface area (Å²) in [5, 5.41) is 18.8. The number of nitro groups is 1. The van der Waals surface area contributed by atoms with E-state index in [0.717, 1.165) is 0 Å². The average Bonchev–Trinajstić information content (AvgIpc) is 2.05. The maximum atomic E-state index is 10.3. The number of nitrogens with zero attached hydrogens (tertiary/aromatic N) is 2. The molecule has 13 heavy (non-hydrogen) atoms. The quantitative estimate of drug-likeness (QED) is 0.269. The predicted molar refractivity (Wildman–Crippen MR) is 45.1 cm³/mol. The molecule has 0 saturated carbocycles. The molecule has 0 heterocycles. The van der Waals surface area contributed by atoms with Gasteiger partial charge in [-0.15, -0.1) is 12.6 Å². The fraction of sp³-hybridized carbons (Fsp3) is 0. The summed E-state index contributed by atoms with van der Waals surface area (Å²) in [7, 11) is 0. The summed E-state index contributed by atoms with van der Waals surface area (Å²) in [6.07, 6.45) is 0. The average molecular weight is 203 g/mol. The van der Waals surface area contributed by atoms with Crippen LogP contribution < -0.4 is 29.6 Å². The molecule has 0 saturated heterocycles. The maximum absolute atomic E-state index is 10.3. The number of nitro benzene ring substituents is 1. The third-order valence-corrected chi connectivity index (χ3v) is 1.68. The number of hydrogen-bond donors (Lipinski definition) is 1. The third kappa shape index (κ3) is 3.01. The van der Waals surface area contributed by atoms with Gasteiger partial charge >= 0.3 is 29.6 Å². The summed E-state index contributed by atoms with van der Waals surface area (Å²) in [5.74, 6) is 0. The van der Waals surface area contributed by atoms with Gasteiger partial charge in [-0.25, -0.2) is 0 Å². The zero-order valence-corrected chi connectivity index (χ0v) is 9.78. The normalized spacial score (nSPS) is 8.31. The van der Waals surface area contributed by atoms with Gasteiger partial charge < -0.3 is 0 Å². The van der Waals surface area contributed by atoms with E-state index in [9.17, 15) is 10.1 Å². The molecule has 0 aliphatic heterocycles. The van der Waals surface area contributed by atoms with Crippen LogP contribution in [0.5, 0.6) is 0 Å². The molecule has 1 aromatic carbocycles. The van der Waals surface area contributed by atoms with Gasteiger partial charge in [-0.2, -0.15) is 5.26 Å². The topological polar surface area (TPSA) is 66.9 Å². The van der Waals surface area contributed by atoms with E-state index in [1.165, 1.54) is 18.2 Å². The molecule has 0 radical (unpaired) electrons. The molecule has 0 N–H and O–H groups in total. The van der Waals surface area contributed by atoms with Crippen molar-refractivity contribution in [1.82, 2.24) is 0 Å². The van der Waals surface area contributed by atoms with E-state index >= 15 is 0 Å². The van der Waals surface area contributed by atoms with Gasteiger partial charge in [-0.05, 0) is 12.1 Å². The summed E-state index contributed by atoms with van der Waals surface area (Å²) in [5.41, 5.74) is 0.122. The molecule has 4 nitrogen and oxygen atoms in total. The molecule has 0 spiro atoms. The Bertz CT molecular complexity index is 375. The van der Waals surface area contributed by atoms with Crippen LogP contribution in [0.4, 0.5) is 5.69 Å². The summed E-state index contributed by atoms with van der Waals surface area (Å²) in [6.45, 7) is 0. The molecule has 0 unspecified atom stereocenters. The summed E-state index contributed by atoms with van der Waals surface area (Å²) >= 11 is 3.87. The molecule has 60 valence electrons. The molecule has 6 heteroatoms. The number of thiol groups is 1. The van der Waals surface area contributed by atoms with Crippen LogP contribution in [-0.4, -0.2) is 4.92 Å². The minimum absolute atomic E-state index is 0. The van der Waals surface area contributed by atoms with Gasteiger partial charge in [0.15, 0.2) is 0 Å². The van der Waals surface area contributed by atoms with Crippen molar-refractivity contribution in [2.75, 3.05) is 0 Å². The summed E-state index contributed by atoms with van der Waals surface area (Å²) in [4.78, 5) is 10.0. The first kappa shape index (κ1) is 12.5. The van der Waals surface area contributed by atoms with Crippen LogP contribution in [-0.2, 0) is 0 Å². The molecular weight excluding hydrogens is 199 g/mol. The first-order chi connectivity index (χ1) is 5.65. The van der Waals surface area contributed by atoms with E-state index in [2.05, 4.69) is 12.6 Å². The van der Waals surface area contributed by atoms with E-state index < -0.39 is 4.92 Å². The smallest absolute Gasteiger partial charge is 0.258 e. The van der Waals surface area contributed by atoms with Crippen molar-refractivity contribution in [3.8, 4) is 6.07 Å². The van der Waals surface area contributed by atoms with Gasteiger partial charge in [0.1, 0.15) is 0 Å². The molecule has 0 bridgehead atoms. The van der Waals surface area contributed by atoms with Crippen molar-refractivity contribution in [3.05, 3.63) is 33.9 Å². The van der Waals surface area contributed by atoms with E-state index in [-0.39, 0.29) is 45.7 Å². The fourth-order valence-corrected chi connectivity index (χ4v) is 0.960. The zero-order valence-electron chi connectivity index (χ0n) is 6.89. The third-order valence-electron chi connectivity index (χ3n) is 1.30. The Morgan fingerprint density at radius 3 is 2.62 bits per heavy atom. The standard InChI is InChI=1S/C7H4N2O2S.Na/c8-4-5-1-2-7(12)6(3-5)9(10)11;/h1-3,12H;/q;+1. The molecule has 0 aromatic heterocycles. The van der Waals surface area contributed by atoms with Crippen molar-refractivity contribution in [3.63, 3.8) is 0 Å². The van der Waals surface area contributed by atoms with Crippen LogP contribution in [0.25, 0.3) is 0 Å². The minimum Gasteiger partial charge on any atom is -0.258 e. The van der Waals surface area contributed by atoms with Crippen LogP contribution in [0.3, 0.4) is 0 Å². The predicted octanol–water partition coefficient (Wildman–Crippen LogP) is -1.24. The van der Waals surface area contributed by atoms with E-state index in [0.29, 0.717) is 0 Å². The van der Waals surface area contributed by atoms with Crippen LogP contribution in [0, 0.1) is 21.4 Å². The van der Waals surface area contributed by atoms with Crippen molar-refractivity contribution >= 4 is 18.3 Å². The van der Waals surface area contributed by atoms with Crippen LogP contribution in [0.2, 0.25) is 0 Å². The van der Waals surface area contributed by atoms with Crippen LogP contribution in [0.15, 0.2) is 23.1 Å². The van der Waals surface area contributed by atoms with E-state index in [4.69, 9.17) is 5.26 Å². The van der Waals surface area contributed by atoms with Crippen molar-refractivity contribution < 1.29 is 34.5 Å². The minimum atomic E-state index is -0.566. The second-order valence-electron chi connectivity index (χ2n) is 2.07. The van der Waals surface area contributed by atoms with Crippen molar-refractivity contribution in [2.24, 2.45) is 0 Å². The molecule has 0 amide bonds. The maximum Gasteiger partial charge on any atom is 1.00 e. The Morgan fingerprint density at radius 1 is 1.54 bits per heavy atom. The van der Waals surface area contributed by atoms with Crippen LogP contribution in [0.1, 0.15) is 5.56 Å². The van der Waals surface area contributed by atoms with Gasteiger partial charge in [-0.1, -0.05) is 0 Å². The van der Waals surface area contributed by atoms with Gasteiger partial charge in [0, 0.05) is 6.07 Å². The second kappa shape index (κ2) is 5.25. The fourth-order valence-electron chi connectivity index (χ4n) is 0.739. The molecular formula is C7H4N2NaO2S+. The molecule has 0 aliphatic carbocycles. The Labute approximate surface area is 102 Å². The second-order valence-corrected chi connectivity index (χ2v) is 2.55. The Kier molecular flexibility index (Phi) is 5.03. The number of nitriles is 1.